The summed E-state index contributed by atoms with van der Waals surface area (Å²) in [6, 6.07) is 12.3. The number of hydrogen-bond donors (Lipinski definition) is 1. The van der Waals surface area contributed by atoms with Crippen molar-refractivity contribution in [1.82, 2.24) is 4.31 Å². The van der Waals surface area contributed by atoms with Crippen molar-refractivity contribution in [2.75, 3.05) is 18.4 Å². The van der Waals surface area contributed by atoms with Crippen molar-refractivity contribution >= 4 is 21.6 Å². The lowest BCUT2D eigenvalue weighted by atomic mass is 10.0. The van der Waals surface area contributed by atoms with Crippen LogP contribution in [0.15, 0.2) is 47.4 Å². The normalized spacial score (nSPS) is 16.2. The molecule has 0 bridgehead atoms. The third-order valence-electron chi connectivity index (χ3n) is 5.54. The number of ether oxygens (including phenoxy) is 1. The van der Waals surface area contributed by atoms with Crippen LogP contribution in [0.5, 0.6) is 5.75 Å². The van der Waals surface area contributed by atoms with Gasteiger partial charge in [-0.15, -0.1) is 0 Å². The van der Waals surface area contributed by atoms with Gasteiger partial charge in [0.1, 0.15) is 5.75 Å². The van der Waals surface area contributed by atoms with Crippen molar-refractivity contribution in [2.24, 2.45) is 0 Å². The number of nitrogens with one attached hydrogen (secondary N) is 1. The molecule has 0 radical (unpaired) electrons. The lowest BCUT2D eigenvalue weighted by molar-refractivity contribution is -0.122. The number of carbonyl (C=O) groups excluding carboxylic acids is 1. The molecule has 1 N–H and O–H groups in total. The molecular formula is C24H32N2O4S. The van der Waals surface area contributed by atoms with E-state index in [1.54, 1.807) is 31.2 Å². The lowest BCUT2D eigenvalue weighted by Crippen LogP contribution is -2.35. The van der Waals surface area contributed by atoms with Crippen LogP contribution in [0.1, 0.15) is 57.1 Å². The second-order valence-corrected chi connectivity index (χ2v) is 10.4. The van der Waals surface area contributed by atoms with Crippen molar-refractivity contribution < 1.29 is 17.9 Å². The lowest BCUT2D eigenvalue weighted by Gasteiger charge is -2.25. The number of piperidine rings is 1. The number of anilines is 1. The van der Waals surface area contributed by atoms with E-state index in [9.17, 15) is 13.2 Å². The van der Waals surface area contributed by atoms with Gasteiger partial charge in [-0.3, -0.25) is 4.79 Å². The maximum atomic E-state index is 12.8. The Morgan fingerprint density at radius 1 is 1.00 bits per heavy atom. The van der Waals surface area contributed by atoms with Crippen molar-refractivity contribution in [3.8, 4) is 5.75 Å². The standard InChI is InChI=1S/C24H32N2O4S/c1-17(2)22-13-8-18(3)16-23(22)30-19(4)24(27)25-20-9-11-21(12-10-20)31(28,29)26-14-6-5-7-15-26/h8-13,16-17,19H,5-7,14-15H2,1-4H3,(H,25,27)/t19-/m1/s1. The highest BCUT2D eigenvalue weighted by Crippen LogP contribution is 2.28. The maximum Gasteiger partial charge on any atom is 0.265 e. The first-order valence-electron chi connectivity index (χ1n) is 10.9. The zero-order chi connectivity index (χ0) is 22.6. The highest BCUT2D eigenvalue weighted by Gasteiger charge is 2.26. The Morgan fingerprint density at radius 3 is 2.26 bits per heavy atom. The van der Waals surface area contributed by atoms with E-state index in [4.69, 9.17) is 4.74 Å². The molecule has 0 unspecified atom stereocenters. The predicted octanol–water partition coefficient (Wildman–Crippen LogP) is 4.70. The maximum absolute atomic E-state index is 12.8. The summed E-state index contributed by atoms with van der Waals surface area (Å²) >= 11 is 0. The Kier molecular flexibility index (Phi) is 7.38. The number of aryl methyl sites for hydroxylation is 1. The van der Waals surface area contributed by atoms with Crippen molar-refractivity contribution in [3.63, 3.8) is 0 Å². The fourth-order valence-corrected chi connectivity index (χ4v) is 5.19. The van der Waals surface area contributed by atoms with Gasteiger partial charge in [0.15, 0.2) is 6.10 Å². The summed E-state index contributed by atoms with van der Waals surface area (Å²) in [5.74, 6) is 0.698. The molecule has 168 valence electrons. The van der Waals surface area contributed by atoms with Crippen molar-refractivity contribution in [3.05, 3.63) is 53.6 Å². The van der Waals surface area contributed by atoms with Crippen LogP contribution in [0.3, 0.4) is 0 Å². The summed E-state index contributed by atoms with van der Waals surface area (Å²) < 4.78 is 33.0. The van der Waals surface area contributed by atoms with E-state index >= 15 is 0 Å². The minimum Gasteiger partial charge on any atom is -0.481 e. The number of benzene rings is 2. The zero-order valence-electron chi connectivity index (χ0n) is 18.7. The van der Waals surface area contributed by atoms with E-state index in [0.717, 1.165) is 30.4 Å². The number of amides is 1. The molecule has 1 saturated heterocycles. The van der Waals surface area contributed by atoms with Crippen LogP contribution in [0.4, 0.5) is 5.69 Å². The van der Waals surface area contributed by atoms with Gasteiger partial charge >= 0.3 is 0 Å². The molecular weight excluding hydrogens is 412 g/mol. The molecule has 2 aromatic carbocycles. The first-order valence-corrected chi connectivity index (χ1v) is 12.3. The van der Waals surface area contributed by atoms with E-state index < -0.39 is 16.1 Å². The Morgan fingerprint density at radius 2 is 1.65 bits per heavy atom. The number of carbonyl (C=O) groups is 1. The monoisotopic (exact) mass is 444 g/mol. The molecule has 0 spiro atoms. The Balaban J connectivity index is 1.66. The second kappa shape index (κ2) is 9.83. The molecule has 2 aromatic rings. The van der Waals surface area contributed by atoms with Gasteiger partial charge in [-0.1, -0.05) is 32.4 Å². The molecule has 0 saturated carbocycles. The average molecular weight is 445 g/mol. The first kappa shape index (κ1) is 23.3. The SMILES string of the molecule is Cc1ccc(C(C)C)c(O[C@H](C)C(=O)Nc2ccc(S(=O)(=O)N3CCCCC3)cc2)c1. The molecule has 31 heavy (non-hydrogen) atoms. The van der Waals surface area contributed by atoms with Crippen LogP contribution in [0, 0.1) is 6.92 Å². The Hall–Kier alpha value is -2.38. The summed E-state index contributed by atoms with van der Waals surface area (Å²) in [5, 5.41) is 2.81. The molecule has 1 aliphatic heterocycles. The molecule has 1 aliphatic rings. The number of sulfonamides is 1. The highest BCUT2D eigenvalue weighted by atomic mass is 32.2. The van der Waals surface area contributed by atoms with Crippen LogP contribution < -0.4 is 10.1 Å². The fraction of sp³-hybridized carbons (Fsp3) is 0.458. The summed E-state index contributed by atoms with van der Waals surface area (Å²) in [7, 11) is -3.49. The predicted molar refractivity (Wildman–Crippen MR) is 123 cm³/mol. The molecule has 1 amide bonds. The van der Waals surface area contributed by atoms with Gasteiger partial charge in [-0.2, -0.15) is 4.31 Å². The minimum atomic E-state index is -3.49. The Labute approximate surface area is 185 Å². The molecule has 6 nitrogen and oxygen atoms in total. The molecule has 1 heterocycles. The fourth-order valence-electron chi connectivity index (χ4n) is 3.67. The third-order valence-corrected chi connectivity index (χ3v) is 7.45. The minimum absolute atomic E-state index is 0.248. The number of rotatable bonds is 7. The van der Waals surface area contributed by atoms with E-state index in [1.165, 1.54) is 4.31 Å². The van der Waals surface area contributed by atoms with E-state index in [0.29, 0.717) is 24.5 Å². The van der Waals surface area contributed by atoms with Gasteiger partial charge in [0.25, 0.3) is 5.91 Å². The van der Waals surface area contributed by atoms with Crippen molar-refractivity contribution in [1.29, 1.82) is 0 Å². The molecule has 1 fully saturated rings. The quantitative estimate of drug-likeness (QED) is 0.672. The second-order valence-electron chi connectivity index (χ2n) is 8.43. The smallest absolute Gasteiger partial charge is 0.265 e. The van der Waals surface area contributed by atoms with Gasteiger partial charge in [-0.25, -0.2) is 8.42 Å². The molecule has 7 heteroatoms. The van der Waals surface area contributed by atoms with E-state index in [1.807, 2.05) is 25.1 Å². The van der Waals surface area contributed by atoms with Crippen LogP contribution in [0.2, 0.25) is 0 Å². The van der Waals surface area contributed by atoms with Gasteiger partial charge < -0.3 is 10.1 Å². The Bertz CT molecular complexity index is 1010. The van der Waals surface area contributed by atoms with Crippen molar-refractivity contribution in [2.45, 2.75) is 63.9 Å². The van der Waals surface area contributed by atoms with Crippen LogP contribution >= 0.6 is 0 Å². The summed E-state index contributed by atoms with van der Waals surface area (Å²) in [5.41, 5.74) is 2.65. The van der Waals surface area contributed by atoms with Gasteiger partial charge in [0, 0.05) is 18.8 Å². The largest absolute Gasteiger partial charge is 0.481 e. The average Bonchev–Trinajstić information content (AvgIpc) is 2.74. The third kappa shape index (κ3) is 5.66. The first-order chi connectivity index (χ1) is 14.7. The number of hydrogen-bond acceptors (Lipinski definition) is 4. The van der Waals surface area contributed by atoms with Crippen LogP contribution in [-0.4, -0.2) is 37.8 Å². The van der Waals surface area contributed by atoms with Crippen LogP contribution in [0.25, 0.3) is 0 Å². The van der Waals surface area contributed by atoms with E-state index in [-0.39, 0.29) is 16.7 Å². The van der Waals surface area contributed by atoms with Gasteiger partial charge in [-0.05, 0) is 74.1 Å². The summed E-state index contributed by atoms with van der Waals surface area (Å²) in [6.07, 6.45) is 2.16. The molecule has 0 aliphatic carbocycles. The topological polar surface area (TPSA) is 75.7 Å². The molecule has 1 atom stereocenters. The number of nitrogens with zero attached hydrogens (tertiary/aromatic N) is 1. The summed E-state index contributed by atoms with van der Waals surface area (Å²) in [6.45, 7) is 8.99. The van der Waals surface area contributed by atoms with E-state index in [2.05, 4.69) is 19.2 Å². The van der Waals surface area contributed by atoms with Gasteiger partial charge in [0.05, 0.1) is 4.90 Å². The van der Waals surface area contributed by atoms with Gasteiger partial charge in [0.2, 0.25) is 10.0 Å². The molecule has 0 aromatic heterocycles. The summed E-state index contributed by atoms with van der Waals surface area (Å²) in [4.78, 5) is 12.9. The molecule has 3 rings (SSSR count). The highest BCUT2D eigenvalue weighted by molar-refractivity contribution is 7.89. The van der Waals surface area contributed by atoms with Crippen LogP contribution in [-0.2, 0) is 14.8 Å². The zero-order valence-corrected chi connectivity index (χ0v) is 19.5.